The molecule has 3 atom stereocenters. The number of pyridine rings is 1. The predicted molar refractivity (Wildman–Crippen MR) is 120 cm³/mol. The summed E-state index contributed by atoms with van der Waals surface area (Å²) in [4.78, 5) is 31.3. The molecule has 0 spiro atoms. The Morgan fingerprint density at radius 3 is 2.32 bits per heavy atom. The summed E-state index contributed by atoms with van der Waals surface area (Å²) in [5.41, 5.74) is -0.247. The highest BCUT2D eigenvalue weighted by Crippen LogP contribution is 2.40. The van der Waals surface area contributed by atoms with Crippen LogP contribution < -0.4 is 15.0 Å². The van der Waals surface area contributed by atoms with Gasteiger partial charge in [0.05, 0.1) is 7.11 Å². The molecule has 2 aromatic carbocycles. The monoisotopic (exact) mass is 489 g/mol. The molecule has 0 saturated carbocycles. The lowest BCUT2D eigenvalue weighted by atomic mass is 9.87. The molecule has 1 aromatic heterocycles. The van der Waals surface area contributed by atoms with E-state index in [1.165, 1.54) is 50.6 Å². The van der Waals surface area contributed by atoms with Crippen molar-refractivity contribution in [3.63, 3.8) is 0 Å². The molecule has 1 fully saturated rings. The van der Waals surface area contributed by atoms with Gasteiger partial charge in [-0.25, -0.2) is 18.2 Å². The number of nitrogens with zero attached hydrogens (tertiary/aromatic N) is 2. The number of aromatic nitrogens is 1. The van der Waals surface area contributed by atoms with Crippen LogP contribution in [0.1, 0.15) is 28.8 Å². The van der Waals surface area contributed by atoms with Gasteiger partial charge in [0.2, 0.25) is 0 Å². The quantitative estimate of drug-likeness (QED) is 0.573. The van der Waals surface area contributed by atoms with E-state index in [2.05, 4.69) is 10.3 Å². The average molecular weight is 490 g/mol. The number of ether oxygens (including phenoxy) is 1. The largest absolute Gasteiger partial charge is 0.497 e. The van der Waals surface area contributed by atoms with Crippen molar-refractivity contribution >= 4 is 29.2 Å². The number of methoxy groups -OCH3 is 1. The molecule has 1 N–H and O–H groups in total. The first-order valence-corrected chi connectivity index (χ1v) is 10.6. The van der Waals surface area contributed by atoms with Gasteiger partial charge < -0.3 is 10.1 Å². The third kappa shape index (κ3) is 4.19. The standard InChI is InChI=1S/C24H19ClF3N3O3/c1-12-19(20-17(27)10-15(34-2)11-18(20)28)21(30-23(32)13-5-7-14(25)8-6-13)24(33)31(12)22-16(26)4-3-9-29-22/h3-12,19,21H,1-2H3,(H,30,32)/t12-,19-,21-/m0/s1. The second-order valence-corrected chi connectivity index (χ2v) is 8.18. The molecule has 2 heterocycles. The Labute approximate surface area is 198 Å². The molecular weight excluding hydrogens is 471 g/mol. The Morgan fingerprint density at radius 2 is 1.74 bits per heavy atom. The highest BCUT2D eigenvalue weighted by atomic mass is 35.5. The Hall–Kier alpha value is -3.59. The fraction of sp³-hybridized carbons (Fsp3) is 0.208. The molecule has 0 radical (unpaired) electrons. The first-order chi connectivity index (χ1) is 16.2. The summed E-state index contributed by atoms with van der Waals surface area (Å²) in [6, 6.07) is 7.95. The van der Waals surface area contributed by atoms with Gasteiger partial charge in [-0.1, -0.05) is 11.6 Å². The Balaban J connectivity index is 1.80. The third-order valence-corrected chi connectivity index (χ3v) is 6.02. The minimum atomic E-state index is -1.41. The maximum Gasteiger partial charge on any atom is 0.251 e. The molecule has 0 bridgehead atoms. The van der Waals surface area contributed by atoms with Gasteiger partial charge in [-0.2, -0.15) is 0 Å². The summed E-state index contributed by atoms with van der Waals surface area (Å²) < 4.78 is 49.6. The summed E-state index contributed by atoms with van der Waals surface area (Å²) in [6.45, 7) is 1.51. The van der Waals surface area contributed by atoms with Crippen LogP contribution in [0.5, 0.6) is 5.75 Å². The molecule has 4 rings (SSSR count). The molecule has 6 nitrogen and oxygen atoms in total. The number of carbonyl (C=O) groups excluding carboxylic acids is 2. The lowest BCUT2D eigenvalue weighted by Gasteiger charge is -2.25. The van der Waals surface area contributed by atoms with Crippen molar-refractivity contribution in [2.24, 2.45) is 0 Å². The molecule has 176 valence electrons. The molecule has 1 saturated heterocycles. The van der Waals surface area contributed by atoms with Crippen molar-refractivity contribution in [2.45, 2.75) is 24.9 Å². The second kappa shape index (κ2) is 9.34. The maximum atomic E-state index is 15.1. The molecule has 34 heavy (non-hydrogen) atoms. The second-order valence-electron chi connectivity index (χ2n) is 7.75. The number of rotatable bonds is 5. The first-order valence-electron chi connectivity index (χ1n) is 10.3. The lowest BCUT2D eigenvalue weighted by molar-refractivity contribution is -0.119. The van der Waals surface area contributed by atoms with E-state index in [0.717, 1.165) is 23.1 Å². The number of benzene rings is 2. The highest BCUT2D eigenvalue weighted by molar-refractivity contribution is 6.30. The number of hydrogen-bond donors (Lipinski definition) is 1. The third-order valence-electron chi connectivity index (χ3n) is 5.77. The fourth-order valence-corrected chi connectivity index (χ4v) is 4.30. The Bertz CT molecular complexity index is 1230. The smallest absolute Gasteiger partial charge is 0.251 e. The summed E-state index contributed by atoms with van der Waals surface area (Å²) in [5, 5.41) is 2.96. The fourth-order valence-electron chi connectivity index (χ4n) is 4.18. The van der Waals surface area contributed by atoms with Gasteiger partial charge in [0, 0.05) is 46.4 Å². The molecule has 10 heteroatoms. The summed E-state index contributed by atoms with van der Waals surface area (Å²) >= 11 is 5.86. The summed E-state index contributed by atoms with van der Waals surface area (Å²) in [7, 11) is 1.26. The van der Waals surface area contributed by atoms with E-state index < -0.39 is 52.8 Å². The lowest BCUT2D eigenvalue weighted by Crippen LogP contribution is -2.44. The minimum Gasteiger partial charge on any atom is -0.497 e. The van der Waals surface area contributed by atoms with Gasteiger partial charge >= 0.3 is 0 Å². The zero-order valence-electron chi connectivity index (χ0n) is 18.1. The van der Waals surface area contributed by atoms with Crippen LogP contribution in [-0.2, 0) is 4.79 Å². The molecule has 2 amide bonds. The number of carbonyl (C=O) groups is 2. The normalized spacial score (nSPS) is 19.9. The molecule has 0 unspecified atom stereocenters. The number of halogens is 4. The van der Waals surface area contributed by atoms with E-state index >= 15 is 8.78 Å². The predicted octanol–water partition coefficient (Wildman–Crippen LogP) is 4.48. The van der Waals surface area contributed by atoms with E-state index in [9.17, 15) is 14.0 Å². The van der Waals surface area contributed by atoms with E-state index in [0.29, 0.717) is 5.02 Å². The van der Waals surface area contributed by atoms with E-state index in [4.69, 9.17) is 16.3 Å². The van der Waals surface area contributed by atoms with E-state index in [-0.39, 0.29) is 17.1 Å². The molecule has 3 aromatic rings. The molecular formula is C24H19ClF3N3O3. The van der Waals surface area contributed by atoms with Crippen LogP contribution in [-0.4, -0.2) is 36.0 Å². The Kier molecular flexibility index (Phi) is 6.47. The Morgan fingerprint density at radius 1 is 1.09 bits per heavy atom. The minimum absolute atomic E-state index is 0.0508. The van der Waals surface area contributed by atoms with Crippen molar-refractivity contribution in [1.82, 2.24) is 10.3 Å². The van der Waals surface area contributed by atoms with Crippen molar-refractivity contribution in [1.29, 1.82) is 0 Å². The van der Waals surface area contributed by atoms with Gasteiger partial charge in [-0.15, -0.1) is 0 Å². The molecule has 0 aliphatic carbocycles. The number of nitrogens with one attached hydrogen (secondary N) is 1. The van der Waals surface area contributed by atoms with Crippen LogP contribution in [0.25, 0.3) is 0 Å². The van der Waals surface area contributed by atoms with Crippen LogP contribution in [0.4, 0.5) is 19.0 Å². The van der Waals surface area contributed by atoms with Gasteiger partial charge in [-0.3, -0.25) is 14.5 Å². The SMILES string of the molecule is COc1cc(F)c([C@H]2[C@H](NC(=O)c3ccc(Cl)cc3)C(=O)N(c3ncccc3F)[C@H]2C)c(F)c1. The van der Waals surface area contributed by atoms with Crippen LogP contribution in [0.3, 0.4) is 0 Å². The van der Waals surface area contributed by atoms with Crippen molar-refractivity contribution < 1.29 is 27.5 Å². The van der Waals surface area contributed by atoms with Crippen molar-refractivity contribution in [3.8, 4) is 5.75 Å². The van der Waals surface area contributed by atoms with Crippen LogP contribution in [0.2, 0.25) is 5.02 Å². The van der Waals surface area contributed by atoms with Gasteiger partial charge in [-0.05, 0) is 43.3 Å². The number of anilines is 1. The van der Waals surface area contributed by atoms with Crippen molar-refractivity contribution in [3.05, 3.63) is 88.3 Å². The molecule has 1 aliphatic heterocycles. The van der Waals surface area contributed by atoms with Crippen LogP contribution in [0.15, 0.2) is 54.7 Å². The van der Waals surface area contributed by atoms with Gasteiger partial charge in [0.1, 0.15) is 23.4 Å². The number of hydrogen-bond acceptors (Lipinski definition) is 4. The summed E-state index contributed by atoms with van der Waals surface area (Å²) in [5.74, 6) is -5.69. The molecule has 1 aliphatic rings. The summed E-state index contributed by atoms with van der Waals surface area (Å²) in [6.07, 6.45) is 1.29. The van der Waals surface area contributed by atoms with Gasteiger partial charge in [0.15, 0.2) is 11.6 Å². The van der Waals surface area contributed by atoms with E-state index in [1.807, 2.05) is 0 Å². The maximum absolute atomic E-state index is 15.1. The van der Waals surface area contributed by atoms with Crippen LogP contribution >= 0.6 is 11.6 Å². The zero-order chi connectivity index (χ0) is 24.6. The van der Waals surface area contributed by atoms with Gasteiger partial charge in [0.25, 0.3) is 11.8 Å². The highest BCUT2D eigenvalue weighted by Gasteiger charge is 2.51. The van der Waals surface area contributed by atoms with Crippen molar-refractivity contribution in [2.75, 3.05) is 12.0 Å². The zero-order valence-corrected chi connectivity index (χ0v) is 18.8. The first kappa shape index (κ1) is 23.6. The number of amides is 2. The van der Waals surface area contributed by atoms with E-state index in [1.54, 1.807) is 0 Å². The average Bonchev–Trinajstić information content (AvgIpc) is 3.03. The van der Waals surface area contributed by atoms with Crippen LogP contribution in [0, 0.1) is 17.5 Å². The topological polar surface area (TPSA) is 71.5 Å².